The second-order valence-corrected chi connectivity index (χ2v) is 7.82. The monoisotopic (exact) mass is 438 g/mol. The molecule has 0 fully saturated rings. The minimum Gasteiger partial charge on any atom is -0.496 e. The first-order valence-electron chi connectivity index (χ1n) is 9.94. The van der Waals surface area contributed by atoms with Crippen molar-refractivity contribution in [1.29, 1.82) is 0 Å². The van der Waals surface area contributed by atoms with Crippen LogP contribution in [0.25, 0.3) is 6.08 Å². The molecule has 5 heteroatoms. The number of halogens is 2. The SMILES string of the molecule is COc1ccc(/C=C/C(=O)c2ccc(C(C)C)cc2)cc1COc1ccc(F)cc1Cl. The first-order chi connectivity index (χ1) is 14.9. The van der Waals surface area contributed by atoms with Crippen molar-refractivity contribution in [2.24, 2.45) is 0 Å². The molecule has 3 aromatic carbocycles. The minimum absolute atomic E-state index is 0.0676. The summed E-state index contributed by atoms with van der Waals surface area (Å²) in [5, 5.41) is 0.198. The molecule has 0 unspecified atom stereocenters. The predicted molar refractivity (Wildman–Crippen MR) is 123 cm³/mol. The summed E-state index contributed by atoms with van der Waals surface area (Å²) in [6, 6.07) is 17.2. The van der Waals surface area contributed by atoms with Gasteiger partial charge in [-0.2, -0.15) is 0 Å². The van der Waals surface area contributed by atoms with Gasteiger partial charge >= 0.3 is 0 Å². The molecule has 0 amide bonds. The molecule has 3 nitrogen and oxygen atoms in total. The van der Waals surface area contributed by atoms with Crippen molar-refractivity contribution in [2.75, 3.05) is 7.11 Å². The lowest BCUT2D eigenvalue weighted by atomic mass is 10.00. The molecule has 0 aromatic heterocycles. The van der Waals surface area contributed by atoms with Crippen molar-refractivity contribution in [3.8, 4) is 11.5 Å². The van der Waals surface area contributed by atoms with Crippen molar-refractivity contribution in [1.82, 2.24) is 0 Å². The fourth-order valence-electron chi connectivity index (χ4n) is 3.06. The number of ketones is 1. The standard InChI is InChI=1S/C26H24ClFO3/c1-17(2)19-6-8-20(9-7-19)24(29)11-4-18-5-12-25(30-3)21(14-18)16-31-26-13-10-22(28)15-23(26)27/h4-15,17H,16H2,1-3H3/b11-4+. The Morgan fingerprint density at radius 2 is 1.74 bits per heavy atom. The Labute approximate surface area is 187 Å². The molecule has 0 radical (unpaired) electrons. The molecule has 0 aliphatic heterocycles. The number of rotatable bonds is 8. The van der Waals surface area contributed by atoms with Gasteiger partial charge in [-0.3, -0.25) is 4.79 Å². The van der Waals surface area contributed by atoms with E-state index in [1.54, 1.807) is 19.3 Å². The highest BCUT2D eigenvalue weighted by Crippen LogP contribution is 2.28. The molecule has 3 aromatic rings. The van der Waals surface area contributed by atoms with E-state index in [9.17, 15) is 9.18 Å². The number of benzene rings is 3. The van der Waals surface area contributed by atoms with Crippen LogP contribution in [0.1, 0.15) is 46.8 Å². The van der Waals surface area contributed by atoms with Crippen LogP contribution >= 0.6 is 11.6 Å². The molecule has 160 valence electrons. The summed E-state index contributed by atoms with van der Waals surface area (Å²) in [6.45, 7) is 4.41. The molecule has 0 aliphatic carbocycles. The maximum atomic E-state index is 13.2. The van der Waals surface area contributed by atoms with Gasteiger partial charge in [0.25, 0.3) is 0 Å². The van der Waals surface area contributed by atoms with Crippen LogP contribution in [0, 0.1) is 5.82 Å². The number of hydrogen-bond donors (Lipinski definition) is 0. The smallest absolute Gasteiger partial charge is 0.185 e. The van der Waals surface area contributed by atoms with E-state index in [0.29, 0.717) is 23.0 Å². The van der Waals surface area contributed by atoms with E-state index < -0.39 is 5.82 Å². The Hall–Kier alpha value is -3.11. The summed E-state index contributed by atoms with van der Waals surface area (Å²) in [4.78, 5) is 12.5. The summed E-state index contributed by atoms with van der Waals surface area (Å²) in [5.41, 5.74) is 3.45. The molecular formula is C26H24ClFO3. The van der Waals surface area contributed by atoms with E-state index >= 15 is 0 Å². The third-order valence-electron chi connectivity index (χ3n) is 4.87. The number of carbonyl (C=O) groups excluding carboxylic acids is 1. The van der Waals surface area contributed by atoms with Crippen molar-refractivity contribution >= 4 is 23.5 Å². The first kappa shape index (κ1) is 22.6. The van der Waals surface area contributed by atoms with Crippen molar-refractivity contribution in [2.45, 2.75) is 26.4 Å². The number of carbonyl (C=O) groups is 1. The average Bonchev–Trinajstić information content (AvgIpc) is 2.77. The Kier molecular flexibility index (Phi) is 7.48. The molecular weight excluding hydrogens is 415 g/mol. The highest BCUT2D eigenvalue weighted by atomic mass is 35.5. The van der Waals surface area contributed by atoms with E-state index in [-0.39, 0.29) is 17.4 Å². The quantitative estimate of drug-likeness (QED) is 0.278. The Balaban J connectivity index is 1.73. The molecule has 0 spiro atoms. The molecule has 0 bridgehead atoms. The minimum atomic E-state index is -0.425. The average molecular weight is 439 g/mol. The van der Waals surface area contributed by atoms with Gasteiger partial charge in [-0.05, 0) is 53.5 Å². The van der Waals surface area contributed by atoms with Crippen LogP contribution in [0.5, 0.6) is 11.5 Å². The summed E-state index contributed by atoms with van der Waals surface area (Å²) >= 11 is 6.03. The summed E-state index contributed by atoms with van der Waals surface area (Å²) in [6.07, 6.45) is 3.31. The lowest BCUT2D eigenvalue weighted by Crippen LogP contribution is -2.00. The molecule has 0 saturated carbocycles. The molecule has 0 atom stereocenters. The van der Waals surface area contributed by atoms with Crippen LogP contribution in [0.2, 0.25) is 5.02 Å². The third kappa shape index (κ3) is 5.96. The van der Waals surface area contributed by atoms with Gasteiger partial charge in [0.05, 0.1) is 12.1 Å². The van der Waals surface area contributed by atoms with Gasteiger partial charge in [-0.25, -0.2) is 4.39 Å². The molecule has 0 N–H and O–H groups in total. The molecule has 31 heavy (non-hydrogen) atoms. The van der Waals surface area contributed by atoms with Crippen LogP contribution in [0.3, 0.4) is 0 Å². The zero-order chi connectivity index (χ0) is 22.4. The van der Waals surface area contributed by atoms with Crippen molar-refractivity contribution in [3.05, 3.63) is 99.8 Å². The lowest BCUT2D eigenvalue weighted by Gasteiger charge is -2.12. The number of hydrogen-bond acceptors (Lipinski definition) is 3. The summed E-state index contributed by atoms with van der Waals surface area (Å²) in [7, 11) is 1.57. The van der Waals surface area contributed by atoms with Crippen LogP contribution in [-0.4, -0.2) is 12.9 Å². The lowest BCUT2D eigenvalue weighted by molar-refractivity contribution is 0.104. The Bertz CT molecular complexity index is 1090. The van der Waals surface area contributed by atoms with Gasteiger partial charge < -0.3 is 9.47 Å². The molecule has 0 heterocycles. The maximum Gasteiger partial charge on any atom is 0.185 e. The topological polar surface area (TPSA) is 35.5 Å². The van der Waals surface area contributed by atoms with E-state index in [0.717, 1.165) is 11.1 Å². The summed E-state index contributed by atoms with van der Waals surface area (Å²) in [5.74, 6) is 0.953. The van der Waals surface area contributed by atoms with Gasteiger partial charge in [-0.1, -0.05) is 61.9 Å². The van der Waals surface area contributed by atoms with Crippen LogP contribution in [0.15, 0.2) is 66.7 Å². The number of ether oxygens (including phenoxy) is 2. The number of allylic oxidation sites excluding steroid dienone is 1. The largest absolute Gasteiger partial charge is 0.496 e. The van der Waals surface area contributed by atoms with Crippen LogP contribution < -0.4 is 9.47 Å². The fourth-order valence-corrected chi connectivity index (χ4v) is 3.28. The molecule has 0 saturated heterocycles. The molecule has 3 rings (SSSR count). The summed E-state index contributed by atoms with van der Waals surface area (Å²) < 4.78 is 24.3. The van der Waals surface area contributed by atoms with E-state index in [4.69, 9.17) is 21.1 Å². The van der Waals surface area contributed by atoms with E-state index in [1.165, 1.54) is 23.8 Å². The van der Waals surface area contributed by atoms with Gasteiger partial charge in [0, 0.05) is 11.1 Å². The molecule has 0 aliphatic rings. The zero-order valence-electron chi connectivity index (χ0n) is 17.7. The van der Waals surface area contributed by atoms with Gasteiger partial charge in [0.2, 0.25) is 0 Å². The van der Waals surface area contributed by atoms with Crippen LogP contribution in [-0.2, 0) is 6.61 Å². The van der Waals surface area contributed by atoms with Gasteiger partial charge in [-0.15, -0.1) is 0 Å². The van der Waals surface area contributed by atoms with E-state index in [1.807, 2.05) is 42.5 Å². The predicted octanol–water partition coefficient (Wildman–Crippen LogP) is 7.09. The highest BCUT2D eigenvalue weighted by molar-refractivity contribution is 6.32. The zero-order valence-corrected chi connectivity index (χ0v) is 18.4. The van der Waals surface area contributed by atoms with Crippen molar-refractivity contribution in [3.63, 3.8) is 0 Å². The van der Waals surface area contributed by atoms with Gasteiger partial charge in [0.1, 0.15) is 23.9 Å². The van der Waals surface area contributed by atoms with E-state index in [2.05, 4.69) is 13.8 Å². The number of methoxy groups -OCH3 is 1. The second kappa shape index (κ2) is 10.3. The maximum absolute atomic E-state index is 13.2. The third-order valence-corrected chi connectivity index (χ3v) is 5.17. The Morgan fingerprint density at radius 3 is 2.39 bits per heavy atom. The highest BCUT2D eigenvalue weighted by Gasteiger charge is 2.09. The Morgan fingerprint density at radius 1 is 1.03 bits per heavy atom. The van der Waals surface area contributed by atoms with Crippen molar-refractivity contribution < 1.29 is 18.7 Å². The van der Waals surface area contributed by atoms with Gasteiger partial charge in [0.15, 0.2) is 5.78 Å². The van der Waals surface area contributed by atoms with Crippen LogP contribution in [0.4, 0.5) is 4.39 Å². The first-order valence-corrected chi connectivity index (χ1v) is 10.3. The second-order valence-electron chi connectivity index (χ2n) is 7.41. The normalized spacial score (nSPS) is 11.2. The fraction of sp³-hybridized carbons (Fsp3) is 0.192.